The average Bonchev–Trinajstić information content (AvgIpc) is 3.38. The molecule has 3 aromatic carbocycles. The molecule has 212 valence electrons. The normalized spacial score (nSPS) is 14.4. The van der Waals surface area contributed by atoms with E-state index in [9.17, 15) is 4.79 Å². The first-order valence-electron chi connectivity index (χ1n) is 13.7. The minimum atomic E-state index is -0.537. The van der Waals surface area contributed by atoms with Gasteiger partial charge in [-0.05, 0) is 55.2 Å². The highest BCUT2D eigenvalue weighted by atomic mass is 35.5. The number of anilines is 1. The predicted octanol–water partition coefficient (Wildman–Crippen LogP) is 7.74. The maximum Gasteiger partial charge on any atom is 0.338 e. The largest absolute Gasteiger partial charge is 0.489 e. The van der Waals surface area contributed by atoms with Gasteiger partial charge in [-0.3, -0.25) is 0 Å². The number of rotatable bonds is 11. The van der Waals surface area contributed by atoms with Crippen LogP contribution in [0.2, 0.25) is 5.02 Å². The van der Waals surface area contributed by atoms with Gasteiger partial charge in [-0.15, -0.1) is 5.10 Å². The summed E-state index contributed by atoms with van der Waals surface area (Å²) in [6.45, 7) is 6.80. The van der Waals surface area contributed by atoms with Crippen LogP contribution in [0.3, 0.4) is 0 Å². The van der Waals surface area contributed by atoms with Crippen LogP contribution < -0.4 is 10.1 Å². The standard InChI is InChI=1S/C32H33ClN4O3S/c1-4-5-17-39-30(38)28-22(3)34-31-35-32(41-20-25-9-6-7-12-27(25)33)36-37(31)29(28)24-10-8-11-26(18-24)40-19-23-15-13-21(2)14-16-23/h6-16,18,29H,4-5,17,19-20H2,1-3H3,(H,34,35,36). The van der Waals surface area contributed by atoms with Crippen LogP contribution in [0.4, 0.5) is 5.95 Å². The first kappa shape index (κ1) is 28.8. The lowest BCUT2D eigenvalue weighted by atomic mass is 9.95. The highest BCUT2D eigenvalue weighted by molar-refractivity contribution is 7.98. The summed E-state index contributed by atoms with van der Waals surface area (Å²) in [5.41, 5.74) is 5.32. The second-order valence-corrected chi connectivity index (χ2v) is 11.3. The molecular formula is C32H33ClN4O3S. The lowest BCUT2D eigenvalue weighted by Crippen LogP contribution is -2.29. The van der Waals surface area contributed by atoms with Crippen molar-refractivity contribution in [1.82, 2.24) is 14.8 Å². The van der Waals surface area contributed by atoms with Gasteiger partial charge in [0.2, 0.25) is 11.1 Å². The SMILES string of the molecule is CCCCOC(=O)C1=C(C)Nc2nc(SCc3ccccc3Cl)nn2C1c1cccc(OCc2ccc(C)cc2)c1. The van der Waals surface area contributed by atoms with Crippen molar-refractivity contribution < 1.29 is 14.3 Å². The zero-order chi connectivity index (χ0) is 28.8. The number of benzene rings is 3. The predicted molar refractivity (Wildman–Crippen MR) is 163 cm³/mol. The average molecular weight is 589 g/mol. The minimum absolute atomic E-state index is 0.363. The molecule has 1 N–H and O–H groups in total. The summed E-state index contributed by atoms with van der Waals surface area (Å²) >= 11 is 7.85. The van der Waals surface area contributed by atoms with E-state index < -0.39 is 6.04 Å². The van der Waals surface area contributed by atoms with E-state index in [1.165, 1.54) is 17.3 Å². The van der Waals surface area contributed by atoms with E-state index in [1.807, 2.05) is 55.5 Å². The molecule has 0 fully saturated rings. The maximum atomic E-state index is 13.4. The number of hydrogen-bond acceptors (Lipinski definition) is 7. The molecule has 0 radical (unpaired) electrons. The smallest absolute Gasteiger partial charge is 0.338 e. The van der Waals surface area contributed by atoms with E-state index in [0.717, 1.165) is 29.5 Å². The van der Waals surface area contributed by atoms with Crippen LogP contribution in [-0.4, -0.2) is 27.3 Å². The van der Waals surface area contributed by atoms with Crippen LogP contribution in [-0.2, 0) is 21.9 Å². The molecule has 1 unspecified atom stereocenters. The molecular weight excluding hydrogens is 556 g/mol. The number of fused-ring (bicyclic) bond motifs is 1. The molecule has 1 atom stereocenters. The van der Waals surface area contributed by atoms with Crippen molar-refractivity contribution in [3.05, 3.63) is 111 Å². The van der Waals surface area contributed by atoms with Gasteiger partial charge in [0.05, 0.1) is 12.2 Å². The first-order valence-corrected chi connectivity index (χ1v) is 15.0. The molecule has 4 aromatic rings. The van der Waals surface area contributed by atoms with Crippen molar-refractivity contribution in [2.45, 2.75) is 57.2 Å². The molecule has 2 heterocycles. The molecule has 0 saturated heterocycles. The van der Waals surface area contributed by atoms with Crippen molar-refractivity contribution in [1.29, 1.82) is 0 Å². The van der Waals surface area contributed by atoms with Crippen LogP contribution in [0.1, 0.15) is 55.0 Å². The highest BCUT2D eigenvalue weighted by Crippen LogP contribution is 2.38. The van der Waals surface area contributed by atoms with Crippen molar-refractivity contribution in [2.24, 2.45) is 0 Å². The molecule has 7 nitrogen and oxygen atoms in total. The number of unbranched alkanes of at least 4 members (excludes halogenated alkanes) is 1. The van der Waals surface area contributed by atoms with Crippen molar-refractivity contribution in [3.8, 4) is 5.75 Å². The third kappa shape index (κ3) is 6.94. The fourth-order valence-corrected chi connectivity index (χ4v) is 5.65. The lowest BCUT2D eigenvalue weighted by Gasteiger charge is -2.28. The number of allylic oxidation sites excluding steroid dienone is 1. The molecule has 5 rings (SSSR count). The number of aromatic nitrogens is 3. The molecule has 1 aliphatic heterocycles. The topological polar surface area (TPSA) is 78.3 Å². The van der Waals surface area contributed by atoms with Gasteiger partial charge in [-0.1, -0.05) is 96.9 Å². The van der Waals surface area contributed by atoms with Crippen LogP contribution in [0.5, 0.6) is 5.75 Å². The zero-order valence-corrected chi connectivity index (χ0v) is 25.0. The van der Waals surface area contributed by atoms with Crippen LogP contribution >= 0.6 is 23.4 Å². The lowest BCUT2D eigenvalue weighted by molar-refractivity contribution is -0.139. The van der Waals surface area contributed by atoms with Gasteiger partial charge in [0.25, 0.3) is 0 Å². The van der Waals surface area contributed by atoms with Gasteiger partial charge < -0.3 is 14.8 Å². The van der Waals surface area contributed by atoms with Crippen molar-refractivity contribution >= 4 is 35.3 Å². The number of carbonyl (C=O) groups excluding carboxylic acids is 1. The van der Waals surface area contributed by atoms with Gasteiger partial charge in [-0.25, -0.2) is 9.48 Å². The summed E-state index contributed by atoms with van der Waals surface area (Å²) in [5, 5.41) is 9.39. The van der Waals surface area contributed by atoms with Crippen LogP contribution in [0.25, 0.3) is 0 Å². The number of hydrogen-bond donors (Lipinski definition) is 1. The van der Waals surface area contributed by atoms with E-state index >= 15 is 0 Å². The number of carbonyl (C=O) groups is 1. The number of aryl methyl sites for hydroxylation is 1. The summed E-state index contributed by atoms with van der Waals surface area (Å²) in [6, 6.07) is 23.2. The molecule has 1 aromatic heterocycles. The summed E-state index contributed by atoms with van der Waals surface area (Å²) in [5.74, 6) is 1.51. The highest BCUT2D eigenvalue weighted by Gasteiger charge is 2.35. The Hall–Kier alpha value is -3.75. The zero-order valence-electron chi connectivity index (χ0n) is 23.4. The monoisotopic (exact) mass is 588 g/mol. The third-order valence-electron chi connectivity index (χ3n) is 6.80. The van der Waals surface area contributed by atoms with Crippen LogP contribution in [0, 0.1) is 6.92 Å². The minimum Gasteiger partial charge on any atom is -0.489 e. The Kier molecular flexibility index (Phi) is 9.31. The van der Waals surface area contributed by atoms with E-state index in [2.05, 4.69) is 43.4 Å². The van der Waals surface area contributed by atoms with Crippen molar-refractivity contribution in [2.75, 3.05) is 11.9 Å². The Morgan fingerprint density at radius 1 is 1.07 bits per heavy atom. The number of nitrogens with zero attached hydrogens (tertiary/aromatic N) is 3. The van der Waals surface area contributed by atoms with Crippen LogP contribution in [0.15, 0.2) is 89.2 Å². The van der Waals surface area contributed by atoms with E-state index in [4.69, 9.17) is 31.2 Å². The molecule has 0 saturated carbocycles. The maximum absolute atomic E-state index is 13.4. The van der Waals surface area contributed by atoms with Gasteiger partial charge in [0.15, 0.2) is 0 Å². The summed E-state index contributed by atoms with van der Waals surface area (Å²) in [4.78, 5) is 18.2. The first-order chi connectivity index (χ1) is 19.9. The second kappa shape index (κ2) is 13.3. The fourth-order valence-electron chi connectivity index (χ4n) is 4.54. The van der Waals surface area contributed by atoms with Gasteiger partial charge in [-0.2, -0.15) is 4.98 Å². The van der Waals surface area contributed by atoms with Crippen molar-refractivity contribution in [3.63, 3.8) is 0 Å². The van der Waals surface area contributed by atoms with Gasteiger partial charge in [0, 0.05) is 16.5 Å². The molecule has 0 amide bonds. The molecule has 0 bridgehead atoms. The molecule has 9 heteroatoms. The number of esters is 1. The Bertz CT molecular complexity index is 1550. The number of halogens is 1. The summed E-state index contributed by atoms with van der Waals surface area (Å²) < 4.78 is 13.6. The Morgan fingerprint density at radius 3 is 2.66 bits per heavy atom. The fraction of sp³-hybridized carbons (Fsp3) is 0.281. The van der Waals surface area contributed by atoms with E-state index in [1.54, 1.807) is 4.68 Å². The van der Waals surface area contributed by atoms with E-state index in [-0.39, 0.29) is 5.97 Å². The molecule has 41 heavy (non-hydrogen) atoms. The summed E-state index contributed by atoms with van der Waals surface area (Å²) in [7, 11) is 0. The van der Waals surface area contributed by atoms with Gasteiger partial charge in [0.1, 0.15) is 18.4 Å². The molecule has 0 aliphatic carbocycles. The Labute approximate surface area is 249 Å². The number of thioether (sulfide) groups is 1. The molecule has 0 spiro atoms. The number of ether oxygens (including phenoxy) is 2. The summed E-state index contributed by atoms with van der Waals surface area (Å²) in [6.07, 6.45) is 1.74. The molecule has 1 aliphatic rings. The van der Waals surface area contributed by atoms with Gasteiger partial charge >= 0.3 is 5.97 Å². The quantitative estimate of drug-likeness (QED) is 0.109. The second-order valence-electron chi connectivity index (χ2n) is 9.95. The Balaban J connectivity index is 1.44. The Morgan fingerprint density at radius 2 is 1.88 bits per heavy atom. The third-order valence-corrected chi connectivity index (χ3v) is 8.05. The number of nitrogens with one attached hydrogen (secondary N) is 1. The van der Waals surface area contributed by atoms with E-state index in [0.29, 0.717) is 52.1 Å².